The molecule has 0 bridgehead atoms. The zero-order valence-electron chi connectivity index (χ0n) is 10.9. The SMILES string of the molecule is O=C=[N+]1CCCC(c2ccnc3cnc4c(c23)=CN=4)C1. The Morgan fingerprint density at radius 3 is 3.10 bits per heavy atom. The van der Waals surface area contributed by atoms with Crippen molar-refractivity contribution in [1.82, 2.24) is 9.97 Å². The molecule has 0 aliphatic carbocycles. The first-order valence-corrected chi connectivity index (χ1v) is 6.81. The van der Waals surface area contributed by atoms with Crippen molar-refractivity contribution in [2.24, 2.45) is 4.99 Å². The van der Waals surface area contributed by atoms with Crippen molar-refractivity contribution in [2.75, 3.05) is 13.1 Å². The number of hydrogen-bond donors (Lipinski definition) is 0. The summed E-state index contributed by atoms with van der Waals surface area (Å²) in [5, 5.41) is 2.23. The van der Waals surface area contributed by atoms with E-state index in [4.69, 9.17) is 0 Å². The van der Waals surface area contributed by atoms with Crippen LogP contribution in [-0.2, 0) is 4.79 Å². The lowest BCUT2D eigenvalue weighted by Crippen LogP contribution is -2.36. The van der Waals surface area contributed by atoms with Crippen LogP contribution in [-0.4, -0.2) is 33.7 Å². The van der Waals surface area contributed by atoms with Gasteiger partial charge in [-0.2, -0.15) is 9.37 Å². The van der Waals surface area contributed by atoms with Crippen molar-refractivity contribution in [1.29, 1.82) is 0 Å². The molecule has 2 aromatic rings. The van der Waals surface area contributed by atoms with E-state index in [1.54, 1.807) is 10.8 Å². The maximum atomic E-state index is 10.9. The summed E-state index contributed by atoms with van der Waals surface area (Å²) in [6, 6.07) is 2.06. The molecule has 1 unspecified atom stereocenters. The van der Waals surface area contributed by atoms with Gasteiger partial charge in [-0.15, -0.1) is 0 Å². The van der Waals surface area contributed by atoms with Crippen molar-refractivity contribution in [3.05, 3.63) is 34.7 Å². The lowest BCUT2D eigenvalue weighted by atomic mass is 9.89. The van der Waals surface area contributed by atoms with Gasteiger partial charge in [0.15, 0.2) is 18.6 Å². The lowest BCUT2D eigenvalue weighted by Gasteiger charge is -2.20. The zero-order chi connectivity index (χ0) is 13.5. The minimum absolute atomic E-state index is 0.344. The number of piperidine rings is 1. The minimum Gasteiger partial charge on any atom is -0.255 e. The quantitative estimate of drug-likeness (QED) is 0.548. The van der Waals surface area contributed by atoms with Crippen LogP contribution in [0.5, 0.6) is 0 Å². The summed E-state index contributed by atoms with van der Waals surface area (Å²) < 4.78 is 1.74. The second-order valence-electron chi connectivity index (χ2n) is 5.29. The predicted molar refractivity (Wildman–Crippen MR) is 72.4 cm³/mol. The number of pyridine rings is 2. The number of isocyanates is 1. The van der Waals surface area contributed by atoms with Gasteiger partial charge in [0.1, 0.15) is 0 Å². The Balaban J connectivity index is 1.93. The lowest BCUT2D eigenvalue weighted by molar-refractivity contribution is -0.537. The van der Waals surface area contributed by atoms with E-state index < -0.39 is 0 Å². The molecule has 2 aliphatic heterocycles. The fraction of sp³-hybridized carbons (Fsp3) is 0.333. The van der Waals surface area contributed by atoms with E-state index in [1.165, 1.54) is 5.56 Å². The molecule has 4 heterocycles. The Kier molecular flexibility index (Phi) is 2.47. The second-order valence-corrected chi connectivity index (χ2v) is 5.29. The first-order valence-electron chi connectivity index (χ1n) is 6.81. The maximum absolute atomic E-state index is 10.9. The molecule has 0 amide bonds. The second kappa shape index (κ2) is 4.32. The standard InChI is InChI=1S/C15H13N4O/c20-9-19-5-1-2-10(8-19)11-3-4-16-13-7-18-15-12(6-17-15)14(11)13/h3-4,6-7,10H,1-2,5,8H2/q+1. The molecule has 0 saturated carbocycles. The third-order valence-corrected chi connectivity index (χ3v) is 4.14. The van der Waals surface area contributed by atoms with Crippen LogP contribution >= 0.6 is 0 Å². The smallest absolute Gasteiger partial charge is 0.255 e. The molecule has 0 spiro atoms. The molecule has 1 atom stereocenters. The monoisotopic (exact) mass is 265 g/mol. The number of carbonyl (C=O) groups excluding carboxylic acids is 1. The van der Waals surface area contributed by atoms with Crippen LogP contribution in [0.1, 0.15) is 24.3 Å². The van der Waals surface area contributed by atoms with E-state index >= 15 is 0 Å². The van der Waals surface area contributed by atoms with Crippen LogP contribution in [0.4, 0.5) is 0 Å². The van der Waals surface area contributed by atoms with Crippen molar-refractivity contribution >= 4 is 23.2 Å². The van der Waals surface area contributed by atoms with Crippen molar-refractivity contribution < 1.29 is 9.37 Å². The molecule has 4 rings (SSSR count). The summed E-state index contributed by atoms with van der Waals surface area (Å²) in [6.45, 7) is 1.54. The minimum atomic E-state index is 0.344. The van der Waals surface area contributed by atoms with Gasteiger partial charge in [-0.1, -0.05) is 0 Å². The average molecular weight is 265 g/mol. The van der Waals surface area contributed by atoms with Gasteiger partial charge in [0.05, 0.1) is 11.7 Å². The molecule has 1 fully saturated rings. The van der Waals surface area contributed by atoms with Crippen molar-refractivity contribution in [3.63, 3.8) is 0 Å². The van der Waals surface area contributed by atoms with Crippen LogP contribution < -0.4 is 10.7 Å². The first kappa shape index (κ1) is 11.4. The van der Waals surface area contributed by atoms with Gasteiger partial charge < -0.3 is 0 Å². The normalized spacial score (nSPS) is 20.4. The summed E-state index contributed by atoms with van der Waals surface area (Å²) >= 11 is 0. The number of aromatic nitrogens is 2. The predicted octanol–water partition coefficient (Wildman–Crippen LogP) is 0.227. The summed E-state index contributed by atoms with van der Waals surface area (Å²) in [6.07, 6.45) is 9.58. The summed E-state index contributed by atoms with van der Waals surface area (Å²) in [5.74, 6) is 0.344. The Bertz CT molecular complexity index is 881. The van der Waals surface area contributed by atoms with Crippen LogP contribution in [0, 0.1) is 0 Å². The average Bonchev–Trinajstić information content (AvgIpc) is 2.47. The highest BCUT2D eigenvalue weighted by Crippen LogP contribution is 2.28. The Hall–Kier alpha value is -2.39. The largest absolute Gasteiger partial charge is 0.424 e. The first-order chi connectivity index (χ1) is 9.86. The number of hydrogen-bond acceptors (Lipinski definition) is 4. The highest BCUT2D eigenvalue weighted by atomic mass is 16.1. The van der Waals surface area contributed by atoms with Gasteiger partial charge in [-0.05, 0) is 18.1 Å². The van der Waals surface area contributed by atoms with Gasteiger partial charge in [-0.3, -0.25) is 4.98 Å². The number of rotatable bonds is 1. The molecule has 5 heteroatoms. The fourth-order valence-corrected chi connectivity index (χ4v) is 3.13. The van der Waals surface area contributed by atoms with Crippen LogP contribution in [0.2, 0.25) is 0 Å². The van der Waals surface area contributed by atoms with Crippen molar-refractivity contribution in [2.45, 2.75) is 18.8 Å². The Morgan fingerprint density at radius 1 is 1.35 bits per heavy atom. The van der Waals surface area contributed by atoms with Crippen LogP contribution in [0.15, 0.2) is 23.5 Å². The molecular formula is C15H13N4O+. The number of fused-ring (bicyclic) bond motifs is 3. The summed E-state index contributed by atoms with van der Waals surface area (Å²) in [4.78, 5) is 23.7. The molecular weight excluding hydrogens is 252 g/mol. The van der Waals surface area contributed by atoms with Gasteiger partial charge >= 0.3 is 6.08 Å². The topological polar surface area (TPSA) is 58.2 Å². The highest BCUT2D eigenvalue weighted by molar-refractivity contribution is 5.83. The van der Waals surface area contributed by atoms with E-state index in [0.29, 0.717) is 5.92 Å². The molecule has 0 aromatic carbocycles. The number of nitrogens with zero attached hydrogens (tertiary/aromatic N) is 4. The molecule has 0 N–H and O–H groups in total. The molecule has 1 saturated heterocycles. The maximum Gasteiger partial charge on any atom is 0.424 e. The van der Waals surface area contributed by atoms with Gasteiger partial charge in [0.25, 0.3) is 0 Å². The third-order valence-electron chi connectivity index (χ3n) is 4.14. The van der Waals surface area contributed by atoms with Crippen LogP contribution in [0.25, 0.3) is 17.1 Å². The van der Waals surface area contributed by atoms with E-state index in [2.05, 4.69) is 21.0 Å². The molecule has 0 radical (unpaired) electrons. The fourth-order valence-electron chi connectivity index (χ4n) is 3.13. The van der Waals surface area contributed by atoms with Crippen LogP contribution in [0.3, 0.4) is 0 Å². The van der Waals surface area contributed by atoms with E-state index in [0.717, 1.165) is 47.5 Å². The zero-order valence-corrected chi connectivity index (χ0v) is 10.9. The van der Waals surface area contributed by atoms with E-state index in [-0.39, 0.29) is 0 Å². The summed E-state index contributed by atoms with van der Waals surface area (Å²) in [7, 11) is 0. The summed E-state index contributed by atoms with van der Waals surface area (Å²) in [5.41, 5.74) is 2.95. The van der Waals surface area contributed by atoms with Gasteiger partial charge in [-0.25, -0.2) is 9.98 Å². The highest BCUT2D eigenvalue weighted by Gasteiger charge is 2.26. The van der Waals surface area contributed by atoms with Crippen molar-refractivity contribution in [3.8, 4) is 0 Å². The van der Waals surface area contributed by atoms with Gasteiger partial charge in [0, 0.05) is 35.3 Å². The van der Waals surface area contributed by atoms with Gasteiger partial charge in [0.2, 0.25) is 0 Å². The molecule has 2 aromatic heterocycles. The van der Waals surface area contributed by atoms with E-state index in [9.17, 15) is 4.79 Å². The Labute approximate surface area is 115 Å². The van der Waals surface area contributed by atoms with E-state index in [1.807, 2.05) is 18.5 Å². The molecule has 5 nitrogen and oxygen atoms in total. The Morgan fingerprint density at radius 2 is 2.30 bits per heavy atom. The third kappa shape index (κ3) is 1.60. The molecule has 20 heavy (non-hydrogen) atoms. The molecule has 2 aliphatic rings. The molecule has 98 valence electrons.